The van der Waals surface area contributed by atoms with Crippen LogP contribution in [0.5, 0.6) is 0 Å². The quantitative estimate of drug-likeness (QED) is 0.637. The van der Waals surface area contributed by atoms with Crippen molar-refractivity contribution in [1.29, 1.82) is 5.26 Å². The monoisotopic (exact) mass is 279 g/mol. The summed E-state index contributed by atoms with van der Waals surface area (Å²) in [7, 11) is 0. The molecule has 0 saturated heterocycles. The molecule has 0 N–H and O–H groups in total. The van der Waals surface area contributed by atoms with E-state index in [0.29, 0.717) is 5.56 Å². The first-order valence-electron chi connectivity index (χ1n) is 6.43. The van der Waals surface area contributed by atoms with Crippen LogP contribution >= 0.6 is 0 Å². The van der Waals surface area contributed by atoms with Gasteiger partial charge in [-0.3, -0.25) is 4.79 Å². The molecule has 0 amide bonds. The summed E-state index contributed by atoms with van der Waals surface area (Å²) in [5, 5.41) is 8.69. The molecular weight excluding hydrogens is 266 g/mol. The molecule has 2 aromatic rings. The van der Waals surface area contributed by atoms with E-state index in [0.717, 1.165) is 0 Å². The fourth-order valence-electron chi connectivity index (χ4n) is 1.85. The Morgan fingerprint density at radius 3 is 2.19 bits per heavy atom. The number of rotatable bonds is 4. The van der Waals surface area contributed by atoms with E-state index in [1.165, 1.54) is 13.0 Å². The van der Waals surface area contributed by atoms with Gasteiger partial charge in [0.2, 0.25) is 0 Å². The summed E-state index contributed by atoms with van der Waals surface area (Å²) in [6, 6.07) is 16.9. The normalized spacial score (nSPS) is 11.2. The highest BCUT2D eigenvalue weighted by molar-refractivity contribution is 6.14. The number of carbonyl (C=O) groups excluding carboxylic acids is 2. The van der Waals surface area contributed by atoms with E-state index in [1.54, 1.807) is 42.5 Å². The molecular formula is C17H13NO3. The number of nitrogens with zero attached hydrogens (tertiary/aromatic N) is 1. The summed E-state index contributed by atoms with van der Waals surface area (Å²) < 4.78 is 4.96. The first-order valence-corrected chi connectivity index (χ1v) is 6.43. The van der Waals surface area contributed by atoms with Crippen molar-refractivity contribution in [2.75, 3.05) is 0 Å². The van der Waals surface area contributed by atoms with Crippen LogP contribution in [0.1, 0.15) is 33.2 Å². The number of ether oxygens (including phenoxy) is 1. The molecule has 0 unspecified atom stereocenters. The van der Waals surface area contributed by atoms with Crippen LogP contribution in [0.3, 0.4) is 0 Å². The molecule has 0 aromatic heterocycles. The van der Waals surface area contributed by atoms with Gasteiger partial charge in [0, 0.05) is 11.1 Å². The maximum atomic E-state index is 12.5. The topological polar surface area (TPSA) is 67.2 Å². The van der Waals surface area contributed by atoms with Crippen molar-refractivity contribution in [3.05, 3.63) is 71.3 Å². The van der Waals surface area contributed by atoms with Gasteiger partial charge in [-0.05, 0) is 13.0 Å². The molecule has 2 rings (SSSR count). The van der Waals surface area contributed by atoms with Crippen LogP contribution in [-0.2, 0) is 4.74 Å². The molecule has 2 aromatic carbocycles. The fraction of sp³-hybridized carbons (Fsp3) is 0.118. The highest BCUT2D eigenvalue weighted by Gasteiger charge is 2.20. The second-order valence-corrected chi connectivity index (χ2v) is 4.42. The predicted octanol–water partition coefficient (Wildman–Crippen LogP) is 2.99. The lowest BCUT2D eigenvalue weighted by atomic mass is 9.98. The number of benzene rings is 2. The molecule has 4 nitrogen and oxygen atoms in total. The van der Waals surface area contributed by atoms with Gasteiger partial charge in [-0.15, -0.1) is 0 Å². The van der Waals surface area contributed by atoms with Crippen molar-refractivity contribution in [2.45, 2.75) is 13.0 Å². The number of esters is 1. The van der Waals surface area contributed by atoms with Gasteiger partial charge in [-0.2, -0.15) is 5.26 Å². The molecule has 0 saturated carbocycles. The maximum absolute atomic E-state index is 12.5. The molecule has 4 heteroatoms. The Balaban J connectivity index is 2.36. The second-order valence-electron chi connectivity index (χ2n) is 4.42. The van der Waals surface area contributed by atoms with Gasteiger partial charge in [0.05, 0.1) is 5.56 Å². The Labute approximate surface area is 122 Å². The zero-order valence-electron chi connectivity index (χ0n) is 11.4. The van der Waals surface area contributed by atoms with Crippen LogP contribution in [0.2, 0.25) is 0 Å². The summed E-state index contributed by atoms with van der Waals surface area (Å²) in [4.78, 5) is 24.5. The molecule has 0 fully saturated rings. The van der Waals surface area contributed by atoms with Crippen molar-refractivity contribution < 1.29 is 14.3 Å². The van der Waals surface area contributed by atoms with Gasteiger partial charge in [0.15, 0.2) is 11.9 Å². The summed E-state index contributed by atoms with van der Waals surface area (Å²) in [5.74, 6) is -0.934. The van der Waals surface area contributed by atoms with Gasteiger partial charge in [-0.25, -0.2) is 4.79 Å². The second kappa shape index (κ2) is 6.49. The number of ketones is 1. The molecule has 0 radical (unpaired) electrons. The molecule has 0 heterocycles. The largest absolute Gasteiger partial charge is 0.444 e. The van der Waals surface area contributed by atoms with E-state index < -0.39 is 12.1 Å². The zero-order chi connectivity index (χ0) is 15.2. The van der Waals surface area contributed by atoms with Crippen molar-refractivity contribution in [3.8, 4) is 6.07 Å². The molecule has 0 aliphatic heterocycles. The Kier molecular flexibility index (Phi) is 4.47. The highest BCUT2D eigenvalue weighted by Crippen LogP contribution is 2.16. The van der Waals surface area contributed by atoms with E-state index in [4.69, 9.17) is 10.00 Å². The van der Waals surface area contributed by atoms with Gasteiger partial charge in [0.25, 0.3) is 0 Å². The van der Waals surface area contributed by atoms with Gasteiger partial charge < -0.3 is 4.74 Å². The number of hydrogen-bond donors (Lipinski definition) is 0. The summed E-state index contributed by atoms with van der Waals surface area (Å²) >= 11 is 0. The van der Waals surface area contributed by atoms with Crippen LogP contribution in [0.15, 0.2) is 54.6 Å². The maximum Gasteiger partial charge on any atom is 0.340 e. The standard InChI is InChI=1S/C17H13NO3/c1-12(11-18)21-17(20)15-10-6-5-9-14(15)16(19)13-7-3-2-4-8-13/h2-10,12H,1H3/t12-/m1/s1. The zero-order valence-corrected chi connectivity index (χ0v) is 11.4. The molecule has 104 valence electrons. The smallest absolute Gasteiger partial charge is 0.340 e. The Morgan fingerprint density at radius 1 is 1.00 bits per heavy atom. The van der Waals surface area contributed by atoms with Crippen LogP contribution in [0, 0.1) is 11.3 Å². The minimum atomic E-state index is -0.864. The first kappa shape index (κ1) is 14.5. The van der Waals surface area contributed by atoms with E-state index in [2.05, 4.69) is 0 Å². The van der Waals surface area contributed by atoms with Crippen LogP contribution in [0.25, 0.3) is 0 Å². The highest BCUT2D eigenvalue weighted by atomic mass is 16.5. The summed E-state index contributed by atoms with van der Waals surface area (Å²) in [5.41, 5.74) is 0.915. The van der Waals surface area contributed by atoms with E-state index in [9.17, 15) is 9.59 Å². The van der Waals surface area contributed by atoms with E-state index in [-0.39, 0.29) is 16.9 Å². The third-order valence-corrected chi connectivity index (χ3v) is 2.89. The average molecular weight is 279 g/mol. The van der Waals surface area contributed by atoms with E-state index in [1.807, 2.05) is 12.1 Å². The number of hydrogen-bond acceptors (Lipinski definition) is 4. The van der Waals surface area contributed by atoms with Gasteiger partial charge >= 0.3 is 5.97 Å². The van der Waals surface area contributed by atoms with Crippen molar-refractivity contribution in [1.82, 2.24) is 0 Å². The minimum Gasteiger partial charge on any atom is -0.444 e. The lowest BCUT2D eigenvalue weighted by Crippen LogP contribution is -2.16. The lowest BCUT2D eigenvalue weighted by Gasteiger charge is -2.10. The predicted molar refractivity (Wildman–Crippen MR) is 76.8 cm³/mol. The third-order valence-electron chi connectivity index (χ3n) is 2.89. The van der Waals surface area contributed by atoms with Crippen molar-refractivity contribution >= 4 is 11.8 Å². The van der Waals surface area contributed by atoms with Crippen molar-refractivity contribution in [3.63, 3.8) is 0 Å². The summed E-state index contributed by atoms with van der Waals surface area (Å²) in [6.07, 6.45) is -0.864. The molecule has 0 bridgehead atoms. The van der Waals surface area contributed by atoms with Gasteiger partial charge in [0.1, 0.15) is 6.07 Å². The third kappa shape index (κ3) is 3.34. The SMILES string of the molecule is C[C@H](C#N)OC(=O)c1ccccc1C(=O)c1ccccc1. The molecule has 0 aliphatic carbocycles. The van der Waals surface area contributed by atoms with Crippen LogP contribution in [0.4, 0.5) is 0 Å². The minimum absolute atomic E-state index is 0.161. The van der Waals surface area contributed by atoms with Crippen LogP contribution < -0.4 is 0 Å². The fourth-order valence-corrected chi connectivity index (χ4v) is 1.85. The van der Waals surface area contributed by atoms with Crippen molar-refractivity contribution in [2.24, 2.45) is 0 Å². The molecule has 0 spiro atoms. The van der Waals surface area contributed by atoms with E-state index >= 15 is 0 Å². The number of carbonyl (C=O) groups is 2. The number of nitriles is 1. The average Bonchev–Trinajstić information content (AvgIpc) is 2.54. The lowest BCUT2D eigenvalue weighted by molar-refractivity contribution is 0.0433. The molecule has 21 heavy (non-hydrogen) atoms. The summed E-state index contributed by atoms with van der Waals surface area (Å²) in [6.45, 7) is 1.47. The molecule has 0 aliphatic rings. The Bertz CT molecular complexity index is 701. The van der Waals surface area contributed by atoms with Gasteiger partial charge in [-0.1, -0.05) is 48.5 Å². The van der Waals surface area contributed by atoms with Crippen LogP contribution in [-0.4, -0.2) is 17.9 Å². The Hall–Kier alpha value is -2.93. The Morgan fingerprint density at radius 2 is 1.57 bits per heavy atom. The first-order chi connectivity index (χ1) is 10.1. The molecule has 1 atom stereocenters.